The number of imide groups is 1. The Balaban J connectivity index is 1.31. The predicted octanol–water partition coefficient (Wildman–Crippen LogP) is 3.89. The van der Waals surface area contributed by atoms with Crippen LogP contribution >= 0.6 is 0 Å². The lowest BCUT2D eigenvalue weighted by molar-refractivity contribution is -0.131. The number of hydrogen-bond acceptors (Lipinski definition) is 4. The third-order valence-electron chi connectivity index (χ3n) is 6.43. The van der Waals surface area contributed by atoms with Crippen molar-refractivity contribution < 1.29 is 18.8 Å². The number of furan rings is 1. The Morgan fingerprint density at radius 1 is 1.06 bits per heavy atom. The summed E-state index contributed by atoms with van der Waals surface area (Å²) < 4.78 is 6.02. The van der Waals surface area contributed by atoms with Crippen LogP contribution in [0.3, 0.4) is 0 Å². The molecule has 1 saturated carbocycles. The second kappa shape index (κ2) is 8.15. The summed E-state index contributed by atoms with van der Waals surface area (Å²) in [5, 5.41) is 6.83. The molecule has 0 unspecified atom stereocenters. The van der Waals surface area contributed by atoms with Crippen molar-refractivity contribution in [2.45, 2.75) is 43.7 Å². The molecule has 2 aromatic carbocycles. The van der Waals surface area contributed by atoms with Gasteiger partial charge in [0.1, 0.15) is 22.9 Å². The van der Waals surface area contributed by atoms with Crippen molar-refractivity contribution in [3.05, 3.63) is 72.0 Å². The Hall–Kier alpha value is -3.61. The normalized spacial score (nSPS) is 18.3. The molecule has 7 nitrogen and oxygen atoms in total. The van der Waals surface area contributed by atoms with Gasteiger partial charge >= 0.3 is 6.03 Å². The first-order valence-electron chi connectivity index (χ1n) is 11.0. The van der Waals surface area contributed by atoms with Gasteiger partial charge in [0.25, 0.3) is 5.91 Å². The third-order valence-corrected chi connectivity index (χ3v) is 6.43. The number of para-hydroxylation sites is 1. The fourth-order valence-electron chi connectivity index (χ4n) is 4.75. The maximum absolute atomic E-state index is 12.9. The molecule has 7 heteroatoms. The molecule has 0 radical (unpaired) electrons. The third kappa shape index (κ3) is 3.64. The lowest BCUT2D eigenvalue weighted by atomic mass is 9.98. The van der Waals surface area contributed by atoms with Crippen molar-refractivity contribution in [3.63, 3.8) is 0 Å². The standard InChI is InChI=1S/C25H25N3O4/c29-21(12-15-28-23(30)25(27-24(28)31)13-6-7-14-25)26-22(17-8-2-1-3-9-17)20-16-18-10-4-5-11-19(18)32-20/h1-5,8-11,16,22H,6-7,12-15H2,(H,26,29)(H,27,31)/t22-/m0/s1. The van der Waals surface area contributed by atoms with E-state index in [2.05, 4.69) is 10.6 Å². The first kappa shape index (κ1) is 20.3. The van der Waals surface area contributed by atoms with Crippen LogP contribution in [0.2, 0.25) is 0 Å². The number of nitrogens with zero attached hydrogens (tertiary/aromatic N) is 1. The SMILES string of the molecule is O=C(CCN1C(=O)NC2(CCCC2)C1=O)N[C@@H](c1ccccc1)c1cc2ccccc2o1. The van der Waals surface area contributed by atoms with E-state index < -0.39 is 17.6 Å². The quantitative estimate of drug-likeness (QED) is 0.579. The predicted molar refractivity (Wildman–Crippen MR) is 119 cm³/mol. The first-order valence-corrected chi connectivity index (χ1v) is 11.0. The average Bonchev–Trinajstić information content (AvgIpc) is 3.50. The molecule has 2 fully saturated rings. The summed E-state index contributed by atoms with van der Waals surface area (Å²) in [6.45, 7) is 0.0554. The van der Waals surface area contributed by atoms with Crippen LogP contribution in [0.1, 0.15) is 49.5 Å². The number of carbonyl (C=O) groups is 3. The zero-order valence-electron chi connectivity index (χ0n) is 17.7. The highest BCUT2D eigenvalue weighted by Gasteiger charge is 2.52. The second-order valence-electron chi connectivity index (χ2n) is 8.52. The van der Waals surface area contributed by atoms with E-state index in [1.807, 2.05) is 60.7 Å². The molecule has 1 saturated heterocycles. The summed E-state index contributed by atoms with van der Waals surface area (Å²) in [6.07, 6.45) is 3.22. The van der Waals surface area contributed by atoms with Crippen LogP contribution in [-0.2, 0) is 9.59 Å². The highest BCUT2D eigenvalue weighted by Crippen LogP contribution is 2.35. The van der Waals surface area contributed by atoms with Gasteiger partial charge in [-0.1, -0.05) is 61.4 Å². The molecule has 2 N–H and O–H groups in total. The van der Waals surface area contributed by atoms with Crippen molar-refractivity contribution >= 4 is 28.8 Å². The Bertz CT molecular complexity index is 1130. The molecule has 1 aromatic heterocycles. The van der Waals surface area contributed by atoms with Gasteiger partial charge in [-0.3, -0.25) is 14.5 Å². The number of urea groups is 1. The van der Waals surface area contributed by atoms with Crippen LogP contribution in [-0.4, -0.2) is 34.8 Å². The van der Waals surface area contributed by atoms with E-state index in [1.54, 1.807) is 0 Å². The van der Waals surface area contributed by atoms with Crippen LogP contribution in [0.15, 0.2) is 65.1 Å². The van der Waals surface area contributed by atoms with Crippen LogP contribution in [0, 0.1) is 0 Å². The van der Waals surface area contributed by atoms with Gasteiger partial charge in [-0.2, -0.15) is 0 Å². The molecule has 4 amide bonds. The van der Waals surface area contributed by atoms with Crippen LogP contribution < -0.4 is 10.6 Å². The summed E-state index contributed by atoms with van der Waals surface area (Å²) in [6, 6.07) is 18.3. The van der Waals surface area contributed by atoms with Crippen molar-refractivity contribution in [2.75, 3.05) is 6.54 Å². The van der Waals surface area contributed by atoms with E-state index in [0.717, 1.165) is 29.4 Å². The van der Waals surface area contributed by atoms with Gasteiger partial charge in [0.2, 0.25) is 5.91 Å². The number of benzene rings is 2. The Labute approximate surface area is 185 Å². The molecule has 3 aromatic rings. The zero-order chi connectivity index (χ0) is 22.1. The fraction of sp³-hybridized carbons (Fsp3) is 0.320. The zero-order valence-corrected chi connectivity index (χ0v) is 17.7. The van der Waals surface area contributed by atoms with Crippen molar-refractivity contribution in [3.8, 4) is 0 Å². The van der Waals surface area contributed by atoms with Crippen LogP contribution in [0.25, 0.3) is 11.0 Å². The van der Waals surface area contributed by atoms with Crippen LogP contribution in [0.5, 0.6) is 0 Å². The Morgan fingerprint density at radius 3 is 2.53 bits per heavy atom. The minimum absolute atomic E-state index is 0.0266. The maximum atomic E-state index is 12.9. The summed E-state index contributed by atoms with van der Waals surface area (Å²) in [7, 11) is 0. The summed E-state index contributed by atoms with van der Waals surface area (Å²) in [5.41, 5.74) is 0.882. The molecule has 1 atom stereocenters. The second-order valence-corrected chi connectivity index (χ2v) is 8.52. The molecule has 1 spiro atoms. The summed E-state index contributed by atoms with van der Waals surface area (Å²) >= 11 is 0. The summed E-state index contributed by atoms with van der Waals surface area (Å²) in [5.74, 6) is 0.169. The van der Waals surface area contributed by atoms with E-state index in [0.29, 0.717) is 18.6 Å². The molecule has 1 aliphatic carbocycles. The molecule has 1 aliphatic heterocycles. The van der Waals surface area contributed by atoms with Crippen LogP contribution in [0.4, 0.5) is 4.79 Å². The van der Waals surface area contributed by atoms with Crippen molar-refractivity contribution in [1.29, 1.82) is 0 Å². The number of rotatable bonds is 6. The number of hydrogen-bond donors (Lipinski definition) is 2. The van der Waals surface area contributed by atoms with Gasteiger partial charge in [0, 0.05) is 18.4 Å². The Morgan fingerprint density at radius 2 is 1.78 bits per heavy atom. The van der Waals surface area contributed by atoms with Crippen molar-refractivity contribution in [2.24, 2.45) is 0 Å². The van der Waals surface area contributed by atoms with Gasteiger partial charge < -0.3 is 15.1 Å². The van der Waals surface area contributed by atoms with E-state index in [9.17, 15) is 14.4 Å². The number of carbonyl (C=O) groups excluding carboxylic acids is 3. The average molecular weight is 431 g/mol. The minimum Gasteiger partial charge on any atom is -0.459 e. The van der Waals surface area contributed by atoms with E-state index in [-0.39, 0.29) is 24.8 Å². The molecule has 32 heavy (non-hydrogen) atoms. The highest BCUT2D eigenvalue weighted by molar-refractivity contribution is 6.07. The summed E-state index contributed by atoms with van der Waals surface area (Å²) in [4.78, 5) is 39.2. The topological polar surface area (TPSA) is 91.7 Å². The number of amides is 4. The lowest BCUT2D eigenvalue weighted by Crippen LogP contribution is -2.44. The minimum atomic E-state index is -0.756. The molecular formula is C25H25N3O4. The van der Waals surface area contributed by atoms with E-state index in [4.69, 9.17) is 4.42 Å². The molecule has 164 valence electrons. The largest absolute Gasteiger partial charge is 0.459 e. The molecular weight excluding hydrogens is 406 g/mol. The smallest absolute Gasteiger partial charge is 0.325 e. The molecule has 2 aliphatic rings. The monoisotopic (exact) mass is 431 g/mol. The van der Waals surface area contributed by atoms with Crippen molar-refractivity contribution in [1.82, 2.24) is 15.5 Å². The highest BCUT2D eigenvalue weighted by atomic mass is 16.3. The van der Waals surface area contributed by atoms with Gasteiger partial charge in [-0.15, -0.1) is 0 Å². The van der Waals surface area contributed by atoms with Gasteiger partial charge in [0.05, 0.1) is 0 Å². The lowest BCUT2D eigenvalue weighted by Gasteiger charge is -2.20. The fourth-order valence-corrected chi connectivity index (χ4v) is 4.75. The molecule has 0 bridgehead atoms. The number of fused-ring (bicyclic) bond motifs is 1. The van der Waals surface area contributed by atoms with Gasteiger partial charge in [-0.05, 0) is 30.5 Å². The molecule has 5 rings (SSSR count). The van der Waals surface area contributed by atoms with Gasteiger partial charge in [0.15, 0.2) is 0 Å². The van der Waals surface area contributed by atoms with E-state index >= 15 is 0 Å². The maximum Gasteiger partial charge on any atom is 0.325 e. The Kier molecular flexibility index (Phi) is 5.17. The van der Waals surface area contributed by atoms with Gasteiger partial charge in [-0.25, -0.2) is 4.79 Å². The van der Waals surface area contributed by atoms with E-state index in [1.165, 1.54) is 4.90 Å². The number of nitrogens with one attached hydrogen (secondary N) is 2. The first-order chi connectivity index (χ1) is 15.6. The molecule has 2 heterocycles.